The van der Waals surface area contributed by atoms with Crippen molar-refractivity contribution in [1.29, 1.82) is 0 Å². The highest BCUT2D eigenvalue weighted by molar-refractivity contribution is 9.10. The Kier molecular flexibility index (Phi) is 1.84. The Hall–Kier alpha value is -1.29. The Bertz CT molecular complexity index is 475. The first-order valence-corrected chi connectivity index (χ1v) is 4.45. The van der Waals surface area contributed by atoms with Crippen molar-refractivity contribution in [2.75, 3.05) is 0 Å². The molecule has 2 rings (SSSR count). The second kappa shape index (κ2) is 2.88. The van der Waals surface area contributed by atoms with E-state index in [9.17, 15) is 4.79 Å². The molecule has 0 fully saturated rings. The quantitative estimate of drug-likeness (QED) is 0.831. The first-order valence-electron chi connectivity index (χ1n) is 3.66. The lowest BCUT2D eigenvalue weighted by atomic mass is 10.2. The Morgan fingerprint density at radius 2 is 2.15 bits per heavy atom. The summed E-state index contributed by atoms with van der Waals surface area (Å²) in [6.45, 7) is 0. The molecule has 0 radical (unpaired) electrons. The van der Waals surface area contributed by atoms with Gasteiger partial charge in [-0.25, -0.2) is 0 Å². The minimum absolute atomic E-state index is 0.188. The Labute approximate surface area is 82.6 Å². The highest BCUT2D eigenvalue weighted by atomic mass is 79.9. The van der Waals surface area contributed by atoms with Gasteiger partial charge in [0.05, 0.1) is 0 Å². The number of amides is 1. The molecule has 0 saturated carbocycles. The third-order valence-electron chi connectivity index (χ3n) is 1.72. The third kappa shape index (κ3) is 1.45. The maximum Gasteiger partial charge on any atom is 0.284 e. The van der Waals surface area contributed by atoms with Gasteiger partial charge in [0.2, 0.25) is 0 Å². The van der Waals surface area contributed by atoms with E-state index in [1.54, 1.807) is 12.1 Å². The molecule has 2 aromatic rings. The number of nitrogens with two attached hydrogens (primary N) is 1. The van der Waals surface area contributed by atoms with E-state index < -0.39 is 5.91 Å². The molecule has 2 N–H and O–H groups in total. The molecule has 13 heavy (non-hydrogen) atoms. The van der Waals surface area contributed by atoms with Crippen LogP contribution in [0.5, 0.6) is 0 Å². The second-order valence-corrected chi connectivity index (χ2v) is 3.57. The number of hydrogen-bond acceptors (Lipinski definition) is 2. The first-order chi connectivity index (χ1) is 6.16. The fraction of sp³-hybridized carbons (Fsp3) is 0. The molecule has 0 spiro atoms. The van der Waals surface area contributed by atoms with Gasteiger partial charge in [-0.15, -0.1) is 0 Å². The van der Waals surface area contributed by atoms with Crippen LogP contribution in [0.2, 0.25) is 0 Å². The van der Waals surface area contributed by atoms with Gasteiger partial charge < -0.3 is 10.2 Å². The van der Waals surface area contributed by atoms with Crippen molar-refractivity contribution in [3.05, 3.63) is 34.5 Å². The fourth-order valence-electron chi connectivity index (χ4n) is 1.13. The van der Waals surface area contributed by atoms with E-state index in [2.05, 4.69) is 15.9 Å². The smallest absolute Gasteiger partial charge is 0.284 e. The van der Waals surface area contributed by atoms with E-state index in [4.69, 9.17) is 10.2 Å². The molecular weight excluding hydrogens is 234 g/mol. The maximum atomic E-state index is 10.8. The molecule has 4 heteroatoms. The summed E-state index contributed by atoms with van der Waals surface area (Å²) < 4.78 is 6.11. The van der Waals surface area contributed by atoms with Crippen molar-refractivity contribution < 1.29 is 9.21 Å². The minimum atomic E-state index is -0.549. The molecule has 0 aliphatic rings. The van der Waals surface area contributed by atoms with E-state index in [0.29, 0.717) is 5.58 Å². The molecule has 1 amide bonds. The number of carbonyl (C=O) groups excluding carboxylic acids is 1. The second-order valence-electron chi connectivity index (χ2n) is 2.66. The predicted octanol–water partition coefficient (Wildman–Crippen LogP) is 2.29. The summed E-state index contributed by atoms with van der Waals surface area (Å²) in [7, 11) is 0. The van der Waals surface area contributed by atoms with Gasteiger partial charge in [-0.1, -0.05) is 15.9 Å². The monoisotopic (exact) mass is 239 g/mol. The summed E-state index contributed by atoms with van der Waals surface area (Å²) in [5, 5.41) is 0.872. The zero-order valence-electron chi connectivity index (χ0n) is 6.58. The van der Waals surface area contributed by atoms with Crippen LogP contribution < -0.4 is 5.73 Å². The minimum Gasteiger partial charge on any atom is -0.451 e. The zero-order valence-corrected chi connectivity index (χ0v) is 8.17. The number of benzene rings is 1. The van der Waals surface area contributed by atoms with Crippen LogP contribution in [0.3, 0.4) is 0 Å². The van der Waals surface area contributed by atoms with Gasteiger partial charge in [-0.05, 0) is 24.3 Å². The van der Waals surface area contributed by atoms with E-state index >= 15 is 0 Å². The summed E-state index contributed by atoms with van der Waals surface area (Å²) in [6.07, 6.45) is 0. The van der Waals surface area contributed by atoms with E-state index in [-0.39, 0.29) is 5.76 Å². The van der Waals surface area contributed by atoms with Crippen LogP contribution >= 0.6 is 15.9 Å². The molecule has 0 aliphatic heterocycles. The Morgan fingerprint density at radius 1 is 1.38 bits per heavy atom. The van der Waals surface area contributed by atoms with Crippen LogP contribution in [0.1, 0.15) is 10.6 Å². The molecule has 1 heterocycles. The van der Waals surface area contributed by atoms with E-state index in [0.717, 1.165) is 9.86 Å². The zero-order chi connectivity index (χ0) is 9.42. The van der Waals surface area contributed by atoms with E-state index in [1.807, 2.05) is 12.1 Å². The number of fused-ring (bicyclic) bond motifs is 1. The van der Waals surface area contributed by atoms with Gasteiger partial charge in [0.15, 0.2) is 5.76 Å². The van der Waals surface area contributed by atoms with Crippen molar-refractivity contribution >= 4 is 32.8 Å². The van der Waals surface area contributed by atoms with Crippen LogP contribution in [-0.4, -0.2) is 5.91 Å². The summed E-state index contributed by atoms with van der Waals surface area (Å²) >= 11 is 3.30. The largest absolute Gasteiger partial charge is 0.451 e. The van der Waals surface area contributed by atoms with Crippen molar-refractivity contribution in [1.82, 2.24) is 0 Å². The third-order valence-corrected chi connectivity index (χ3v) is 2.22. The molecule has 0 atom stereocenters. The summed E-state index contributed by atoms with van der Waals surface area (Å²) in [5.41, 5.74) is 5.73. The number of halogens is 1. The van der Waals surface area contributed by atoms with Crippen LogP contribution in [0, 0.1) is 0 Å². The number of furan rings is 1. The fourth-order valence-corrected chi connectivity index (χ4v) is 1.47. The van der Waals surface area contributed by atoms with Crippen LogP contribution in [-0.2, 0) is 0 Å². The summed E-state index contributed by atoms with van der Waals surface area (Å²) in [5.74, 6) is -0.361. The van der Waals surface area contributed by atoms with Gasteiger partial charge in [0.1, 0.15) is 5.58 Å². The number of primary amides is 1. The standard InChI is InChI=1S/C9H6BrNO2/c10-6-2-1-5-3-8(9(11)12)13-7(5)4-6/h1-4H,(H2,11,12). The highest BCUT2D eigenvalue weighted by Gasteiger charge is 2.07. The van der Waals surface area contributed by atoms with Crippen LogP contribution in [0.4, 0.5) is 0 Å². The lowest BCUT2D eigenvalue weighted by molar-refractivity contribution is 0.0976. The SMILES string of the molecule is NC(=O)c1cc2ccc(Br)cc2o1. The summed E-state index contributed by atoms with van der Waals surface area (Å²) in [4.78, 5) is 10.8. The molecule has 0 unspecified atom stereocenters. The lowest BCUT2D eigenvalue weighted by Gasteiger charge is -1.88. The molecule has 3 nitrogen and oxygen atoms in total. The Morgan fingerprint density at radius 3 is 2.85 bits per heavy atom. The maximum absolute atomic E-state index is 10.8. The molecular formula is C9H6BrNO2. The lowest BCUT2D eigenvalue weighted by Crippen LogP contribution is -2.08. The van der Waals surface area contributed by atoms with Gasteiger partial charge in [0.25, 0.3) is 5.91 Å². The normalized spacial score (nSPS) is 10.5. The van der Waals surface area contributed by atoms with Gasteiger partial charge in [-0.3, -0.25) is 4.79 Å². The molecule has 1 aromatic carbocycles. The molecule has 66 valence electrons. The van der Waals surface area contributed by atoms with Gasteiger partial charge >= 0.3 is 0 Å². The van der Waals surface area contributed by atoms with Crippen LogP contribution in [0.15, 0.2) is 33.2 Å². The topological polar surface area (TPSA) is 56.2 Å². The van der Waals surface area contributed by atoms with Gasteiger partial charge in [-0.2, -0.15) is 0 Å². The van der Waals surface area contributed by atoms with E-state index in [1.165, 1.54) is 0 Å². The number of carbonyl (C=O) groups is 1. The summed E-state index contributed by atoms with van der Waals surface area (Å²) in [6, 6.07) is 7.16. The van der Waals surface area contributed by atoms with Crippen molar-refractivity contribution in [2.45, 2.75) is 0 Å². The number of hydrogen-bond donors (Lipinski definition) is 1. The molecule has 0 saturated heterocycles. The van der Waals surface area contributed by atoms with Crippen LogP contribution in [0.25, 0.3) is 11.0 Å². The Balaban J connectivity index is 2.68. The molecule has 0 aliphatic carbocycles. The van der Waals surface area contributed by atoms with Gasteiger partial charge in [0, 0.05) is 9.86 Å². The number of rotatable bonds is 1. The average Bonchev–Trinajstić information content (AvgIpc) is 2.46. The van der Waals surface area contributed by atoms with Crippen molar-refractivity contribution in [2.24, 2.45) is 5.73 Å². The first kappa shape index (κ1) is 8.31. The van der Waals surface area contributed by atoms with Crippen molar-refractivity contribution in [3.63, 3.8) is 0 Å². The van der Waals surface area contributed by atoms with Crippen molar-refractivity contribution in [3.8, 4) is 0 Å². The highest BCUT2D eigenvalue weighted by Crippen LogP contribution is 2.22. The molecule has 0 bridgehead atoms. The molecule has 1 aromatic heterocycles. The predicted molar refractivity (Wildman–Crippen MR) is 52.4 cm³/mol. The average molecular weight is 240 g/mol.